The van der Waals surface area contributed by atoms with Crippen LogP contribution in [0.25, 0.3) is 11.3 Å². The lowest BCUT2D eigenvalue weighted by atomic mass is 10.0. The van der Waals surface area contributed by atoms with Gasteiger partial charge in [-0.1, -0.05) is 0 Å². The van der Waals surface area contributed by atoms with E-state index in [1.807, 2.05) is 0 Å². The summed E-state index contributed by atoms with van der Waals surface area (Å²) in [5.41, 5.74) is -1.79. The molecule has 2 aromatic rings. The van der Waals surface area contributed by atoms with E-state index < -0.39 is 23.4 Å². The van der Waals surface area contributed by atoms with Crippen LogP contribution < -0.4 is 4.74 Å². The molecule has 0 bridgehead atoms. The van der Waals surface area contributed by atoms with Gasteiger partial charge in [-0.05, 0) is 61.0 Å². The summed E-state index contributed by atoms with van der Waals surface area (Å²) in [6, 6.07) is 4.82. The maximum atomic E-state index is 13.4. The van der Waals surface area contributed by atoms with E-state index in [4.69, 9.17) is 9.47 Å². The van der Waals surface area contributed by atoms with Gasteiger partial charge in [0, 0.05) is 16.2 Å². The fourth-order valence-electron chi connectivity index (χ4n) is 2.21. The van der Waals surface area contributed by atoms with Gasteiger partial charge in [-0.3, -0.25) is 4.57 Å². The fourth-order valence-corrected chi connectivity index (χ4v) is 2.63. The third-order valence-corrected chi connectivity index (χ3v) is 3.62. The number of methoxy groups -OCH3 is 1. The average Bonchev–Trinajstić information content (AvgIpc) is 2.86. The Balaban J connectivity index is 2.65. The Bertz CT molecular complexity index is 791. The van der Waals surface area contributed by atoms with Crippen LogP contribution in [0.15, 0.2) is 34.9 Å². The van der Waals surface area contributed by atoms with E-state index in [0.717, 1.165) is 10.6 Å². The molecule has 0 atom stereocenters. The number of hydrogen-bond acceptors (Lipinski definition) is 3. The second kappa shape index (κ2) is 6.74. The monoisotopic (exact) mass is 419 g/mol. The van der Waals surface area contributed by atoms with Gasteiger partial charge in [0.05, 0.1) is 18.4 Å². The van der Waals surface area contributed by atoms with Crippen LogP contribution in [0.1, 0.15) is 26.3 Å². The first-order valence-electron chi connectivity index (χ1n) is 7.29. The van der Waals surface area contributed by atoms with Crippen LogP contribution in [-0.2, 0) is 10.9 Å². The topological polar surface area (TPSA) is 40.5 Å². The van der Waals surface area contributed by atoms with Crippen molar-refractivity contribution in [3.8, 4) is 17.0 Å². The minimum Gasteiger partial charge on any atom is -0.497 e. The molecule has 0 fully saturated rings. The second-order valence-electron chi connectivity index (χ2n) is 6.30. The second-order valence-corrected chi connectivity index (χ2v) is 7.22. The molecule has 136 valence electrons. The predicted molar refractivity (Wildman–Crippen MR) is 90.8 cm³/mol. The normalized spacial score (nSPS) is 12.2. The highest BCUT2D eigenvalue weighted by atomic mass is 79.9. The lowest BCUT2D eigenvalue weighted by Crippen LogP contribution is -2.27. The molecule has 2 rings (SSSR count). The first-order valence-corrected chi connectivity index (χ1v) is 8.08. The van der Waals surface area contributed by atoms with E-state index in [1.54, 1.807) is 20.8 Å². The van der Waals surface area contributed by atoms with E-state index in [0.29, 0.717) is 4.47 Å². The van der Waals surface area contributed by atoms with Gasteiger partial charge in [0.1, 0.15) is 11.4 Å². The van der Waals surface area contributed by atoms with Crippen molar-refractivity contribution in [3.63, 3.8) is 0 Å². The van der Waals surface area contributed by atoms with Crippen molar-refractivity contribution in [2.24, 2.45) is 0 Å². The number of carbonyl (C=O) groups is 1. The average molecular weight is 420 g/mol. The molecule has 1 aromatic carbocycles. The maximum absolute atomic E-state index is 13.4. The lowest BCUT2D eigenvalue weighted by molar-refractivity contribution is -0.137. The van der Waals surface area contributed by atoms with Crippen LogP contribution in [0.2, 0.25) is 0 Å². The van der Waals surface area contributed by atoms with Crippen molar-refractivity contribution in [1.82, 2.24) is 4.57 Å². The number of benzene rings is 1. The highest BCUT2D eigenvalue weighted by molar-refractivity contribution is 9.10. The minimum absolute atomic E-state index is 0.0485. The SMILES string of the molecule is COc1ccc(C(F)(F)F)c(-c2cc(Br)cn2C(=O)OC(C)(C)C)c1. The van der Waals surface area contributed by atoms with Crippen LogP contribution >= 0.6 is 15.9 Å². The minimum atomic E-state index is -4.59. The molecule has 4 nitrogen and oxygen atoms in total. The van der Waals surface area contributed by atoms with Gasteiger partial charge < -0.3 is 9.47 Å². The van der Waals surface area contributed by atoms with Gasteiger partial charge >= 0.3 is 12.3 Å². The van der Waals surface area contributed by atoms with E-state index >= 15 is 0 Å². The number of hydrogen-bond donors (Lipinski definition) is 0. The van der Waals surface area contributed by atoms with Gasteiger partial charge in [-0.15, -0.1) is 0 Å². The van der Waals surface area contributed by atoms with Crippen molar-refractivity contribution in [2.45, 2.75) is 32.5 Å². The molecular weight excluding hydrogens is 403 g/mol. The highest BCUT2D eigenvalue weighted by Gasteiger charge is 2.35. The van der Waals surface area contributed by atoms with E-state index in [-0.39, 0.29) is 17.0 Å². The summed E-state index contributed by atoms with van der Waals surface area (Å²) in [5, 5.41) is 0. The summed E-state index contributed by atoms with van der Waals surface area (Å²) >= 11 is 3.20. The number of halogens is 4. The van der Waals surface area contributed by atoms with Crippen molar-refractivity contribution in [3.05, 3.63) is 40.5 Å². The molecule has 0 N–H and O–H groups in total. The smallest absolute Gasteiger partial charge is 0.419 e. The fraction of sp³-hybridized carbons (Fsp3) is 0.353. The molecule has 0 aliphatic carbocycles. The number of carbonyl (C=O) groups excluding carboxylic acids is 1. The number of rotatable bonds is 2. The molecule has 0 saturated heterocycles. The Morgan fingerprint density at radius 1 is 1.16 bits per heavy atom. The molecule has 0 unspecified atom stereocenters. The zero-order valence-electron chi connectivity index (χ0n) is 14.1. The summed E-state index contributed by atoms with van der Waals surface area (Å²) in [7, 11) is 1.36. The van der Waals surface area contributed by atoms with Gasteiger partial charge in [-0.25, -0.2) is 4.79 Å². The quantitative estimate of drug-likeness (QED) is 0.623. The maximum Gasteiger partial charge on any atom is 0.419 e. The van der Waals surface area contributed by atoms with Crippen molar-refractivity contribution < 1.29 is 27.4 Å². The van der Waals surface area contributed by atoms with Crippen molar-refractivity contribution in [1.29, 1.82) is 0 Å². The molecule has 0 aliphatic heterocycles. The predicted octanol–water partition coefficient (Wildman–Crippen LogP) is 5.73. The van der Waals surface area contributed by atoms with E-state index in [1.165, 1.54) is 31.5 Å². The summed E-state index contributed by atoms with van der Waals surface area (Å²) in [6.07, 6.45) is -4.00. The number of nitrogens with zero attached hydrogens (tertiary/aromatic N) is 1. The largest absolute Gasteiger partial charge is 0.497 e. The lowest BCUT2D eigenvalue weighted by Gasteiger charge is -2.21. The van der Waals surface area contributed by atoms with Crippen LogP contribution in [-0.4, -0.2) is 23.4 Å². The molecule has 0 amide bonds. The third kappa shape index (κ3) is 4.56. The van der Waals surface area contributed by atoms with Gasteiger partial charge in [0.2, 0.25) is 0 Å². The summed E-state index contributed by atoms with van der Waals surface area (Å²) in [5.74, 6) is 0.246. The highest BCUT2D eigenvalue weighted by Crippen LogP contribution is 2.40. The molecule has 1 aromatic heterocycles. The molecule has 0 radical (unpaired) electrons. The molecule has 25 heavy (non-hydrogen) atoms. The van der Waals surface area contributed by atoms with E-state index in [2.05, 4.69) is 15.9 Å². The standard InChI is InChI=1S/C17H17BrF3NO3/c1-16(2,3)25-15(23)22-9-10(18)7-14(22)12-8-11(24-4)5-6-13(12)17(19,20)21/h5-9H,1-4H3. The summed E-state index contributed by atoms with van der Waals surface area (Å²) in [4.78, 5) is 12.4. The molecule has 0 aliphatic rings. The zero-order chi connectivity index (χ0) is 19.0. The van der Waals surface area contributed by atoms with Crippen LogP contribution in [0, 0.1) is 0 Å². The number of alkyl halides is 3. The van der Waals surface area contributed by atoms with Gasteiger partial charge in [0.25, 0.3) is 0 Å². The summed E-state index contributed by atoms with van der Waals surface area (Å²) < 4.78 is 52.0. The van der Waals surface area contributed by atoms with Crippen molar-refractivity contribution >= 4 is 22.0 Å². The summed E-state index contributed by atoms with van der Waals surface area (Å²) in [6.45, 7) is 5.03. The first-order chi connectivity index (χ1) is 11.4. The van der Waals surface area contributed by atoms with Gasteiger partial charge in [-0.2, -0.15) is 13.2 Å². The van der Waals surface area contributed by atoms with Gasteiger partial charge in [0.15, 0.2) is 0 Å². The Morgan fingerprint density at radius 3 is 2.32 bits per heavy atom. The number of aromatic nitrogens is 1. The Hall–Kier alpha value is -1.96. The molecule has 0 spiro atoms. The first kappa shape index (κ1) is 19.4. The Morgan fingerprint density at radius 2 is 1.80 bits per heavy atom. The molecular formula is C17H17BrF3NO3. The third-order valence-electron chi connectivity index (χ3n) is 3.18. The van der Waals surface area contributed by atoms with Crippen molar-refractivity contribution in [2.75, 3.05) is 7.11 Å². The molecule has 1 heterocycles. The molecule has 0 saturated carbocycles. The van der Waals surface area contributed by atoms with Crippen LogP contribution in [0.5, 0.6) is 5.75 Å². The number of ether oxygens (including phenoxy) is 2. The molecule has 8 heteroatoms. The zero-order valence-corrected chi connectivity index (χ0v) is 15.7. The Labute approximate surface area is 151 Å². The van der Waals surface area contributed by atoms with Crippen LogP contribution in [0.4, 0.5) is 18.0 Å². The van der Waals surface area contributed by atoms with Crippen LogP contribution in [0.3, 0.4) is 0 Å². The van der Waals surface area contributed by atoms with E-state index in [9.17, 15) is 18.0 Å². The Kier molecular flexibility index (Phi) is 5.22.